The Bertz CT molecular complexity index is 706. The van der Waals surface area contributed by atoms with E-state index < -0.39 is 0 Å². The zero-order valence-corrected chi connectivity index (χ0v) is 15.3. The number of hydrogen-bond donors (Lipinski definition) is 0. The zero-order valence-electron chi connectivity index (χ0n) is 14.5. The third-order valence-electron chi connectivity index (χ3n) is 5.98. The molecule has 1 aromatic carbocycles. The first-order chi connectivity index (χ1) is 12.2. The smallest absolute Gasteiger partial charge is 0.137 e. The van der Waals surface area contributed by atoms with Gasteiger partial charge in [0.25, 0.3) is 0 Å². The Kier molecular flexibility index (Phi) is 4.56. The van der Waals surface area contributed by atoms with Crippen molar-refractivity contribution >= 4 is 11.6 Å². The lowest BCUT2D eigenvalue weighted by Gasteiger charge is -2.57. The van der Waals surface area contributed by atoms with Crippen LogP contribution >= 0.6 is 11.6 Å². The Hall–Kier alpha value is -1.43. The van der Waals surface area contributed by atoms with Gasteiger partial charge < -0.3 is 9.47 Å². The first-order valence-corrected chi connectivity index (χ1v) is 9.34. The Labute approximate surface area is 153 Å². The molecule has 1 aliphatic heterocycles. The van der Waals surface area contributed by atoms with E-state index >= 15 is 0 Å². The van der Waals surface area contributed by atoms with E-state index in [1.165, 1.54) is 5.56 Å². The number of nitrogens with zero attached hydrogens (tertiary/aromatic N) is 3. The molecule has 6 heteroatoms. The van der Waals surface area contributed by atoms with E-state index in [0.29, 0.717) is 5.92 Å². The minimum Gasteiger partial charge on any atom is -0.381 e. The molecular weight excluding hydrogens is 338 g/mol. The van der Waals surface area contributed by atoms with Crippen LogP contribution in [0, 0.1) is 11.3 Å². The van der Waals surface area contributed by atoms with Gasteiger partial charge in [-0.25, -0.2) is 4.98 Å². The third kappa shape index (κ3) is 2.88. The molecule has 1 aliphatic carbocycles. The highest BCUT2D eigenvalue weighted by atomic mass is 35.5. The quantitative estimate of drug-likeness (QED) is 0.758. The van der Waals surface area contributed by atoms with E-state index in [9.17, 15) is 0 Å². The summed E-state index contributed by atoms with van der Waals surface area (Å²) < 4.78 is 14.1. The van der Waals surface area contributed by atoms with Crippen molar-refractivity contribution in [2.45, 2.75) is 38.3 Å². The molecule has 0 radical (unpaired) electrons. The lowest BCUT2D eigenvalue weighted by Crippen LogP contribution is -2.67. The summed E-state index contributed by atoms with van der Waals surface area (Å²) in [5.41, 5.74) is 1.16. The van der Waals surface area contributed by atoms with Crippen molar-refractivity contribution in [1.29, 1.82) is 0 Å². The van der Waals surface area contributed by atoms with Gasteiger partial charge in [0, 0.05) is 17.0 Å². The van der Waals surface area contributed by atoms with Crippen molar-refractivity contribution in [2.24, 2.45) is 11.3 Å². The molecule has 2 aliphatic rings. The van der Waals surface area contributed by atoms with Crippen LogP contribution in [-0.2, 0) is 22.4 Å². The van der Waals surface area contributed by atoms with Gasteiger partial charge in [-0.3, -0.25) is 4.68 Å². The average molecular weight is 362 g/mol. The lowest BCUT2D eigenvalue weighted by molar-refractivity contribution is -0.290. The second-order valence-electron chi connectivity index (χ2n) is 7.25. The SMILES string of the molecule is CCOCC12CCC(Cc3ccc(Cl)cc3)C1(Cn1cncn1)OC2. The van der Waals surface area contributed by atoms with Crippen LogP contribution in [0.4, 0.5) is 0 Å². The molecule has 3 unspecified atom stereocenters. The molecule has 1 saturated heterocycles. The van der Waals surface area contributed by atoms with Crippen molar-refractivity contribution in [3.05, 3.63) is 47.5 Å². The number of hydrogen-bond acceptors (Lipinski definition) is 4. The Morgan fingerprint density at radius 2 is 2.20 bits per heavy atom. The molecule has 134 valence electrons. The molecular formula is C19H24ClN3O2. The fourth-order valence-electron chi connectivity index (χ4n) is 4.58. The summed E-state index contributed by atoms with van der Waals surface area (Å²) in [6.45, 7) is 5.06. The van der Waals surface area contributed by atoms with Gasteiger partial charge in [-0.05, 0) is 49.8 Å². The number of benzene rings is 1. The summed E-state index contributed by atoms with van der Waals surface area (Å²) in [5.74, 6) is 0.437. The number of fused-ring (bicyclic) bond motifs is 1. The van der Waals surface area contributed by atoms with E-state index in [4.69, 9.17) is 21.1 Å². The monoisotopic (exact) mass is 361 g/mol. The molecule has 3 atom stereocenters. The molecule has 5 nitrogen and oxygen atoms in total. The highest BCUT2D eigenvalue weighted by Crippen LogP contribution is 2.61. The minimum atomic E-state index is -0.227. The molecule has 25 heavy (non-hydrogen) atoms. The summed E-state index contributed by atoms with van der Waals surface area (Å²) in [7, 11) is 0. The van der Waals surface area contributed by atoms with E-state index in [2.05, 4.69) is 29.1 Å². The van der Waals surface area contributed by atoms with Gasteiger partial charge in [0.15, 0.2) is 0 Å². The number of halogens is 1. The molecule has 1 saturated carbocycles. The first-order valence-electron chi connectivity index (χ1n) is 8.96. The van der Waals surface area contributed by atoms with E-state index in [1.54, 1.807) is 12.7 Å². The molecule has 0 N–H and O–H groups in total. The summed E-state index contributed by atoms with van der Waals surface area (Å²) in [5, 5.41) is 5.10. The fourth-order valence-corrected chi connectivity index (χ4v) is 4.71. The van der Waals surface area contributed by atoms with Crippen LogP contribution in [0.25, 0.3) is 0 Å². The van der Waals surface area contributed by atoms with Gasteiger partial charge in [0.2, 0.25) is 0 Å². The maximum atomic E-state index is 6.33. The highest BCUT2D eigenvalue weighted by Gasteiger charge is 2.68. The van der Waals surface area contributed by atoms with Crippen LogP contribution in [0.5, 0.6) is 0 Å². The van der Waals surface area contributed by atoms with Crippen LogP contribution < -0.4 is 0 Å². The maximum Gasteiger partial charge on any atom is 0.137 e. The maximum absolute atomic E-state index is 6.33. The Balaban J connectivity index is 1.60. The second kappa shape index (κ2) is 6.71. The molecule has 1 aromatic heterocycles. The number of rotatable bonds is 7. The summed E-state index contributed by atoms with van der Waals surface area (Å²) in [6, 6.07) is 8.16. The van der Waals surface area contributed by atoms with E-state index in [1.807, 2.05) is 16.8 Å². The topological polar surface area (TPSA) is 49.2 Å². The minimum absolute atomic E-state index is 0.0893. The first kappa shape index (κ1) is 17.0. The Morgan fingerprint density at radius 3 is 2.84 bits per heavy atom. The summed E-state index contributed by atoms with van der Waals surface area (Å²) in [4.78, 5) is 4.10. The highest BCUT2D eigenvalue weighted by molar-refractivity contribution is 6.30. The molecule has 4 rings (SSSR count). The van der Waals surface area contributed by atoms with E-state index in [-0.39, 0.29) is 11.0 Å². The zero-order chi connectivity index (χ0) is 17.3. The molecule has 0 amide bonds. The molecule has 2 heterocycles. The van der Waals surface area contributed by atoms with Gasteiger partial charge in [-0.15, -0.1) is 0 Å². The van der Waals surface area contributed by atoms with Gasteiger partial charge in [0.1, 0.15) is 18.3 Å². The van der Waals surface area contributed by atoms with Gasteiger partial charge in [-0.2, -0.15) is 5.10 Å². The molecule has 2 fully saturated rings. The predicted molar refractivity (Wildman–Crippen MR) is 95.5 cm³/mol. The molecule has 0 spiro atoms. The molecule has 2 aromatic rings. The van der Waals surface area contributed by atoms with Crippen molar-refractivity contribution in [2.75, 3.05) is 19.8 Å². The van der Waals surface area contributed by atoms with Gasteiger partial charge >= 0.3 is 0 Å². The second-order valence-corrected chi connectivity index (χ2v) is 7.69. The van der Waals surface area contributed by atoms with E-state index in [0.717, 1.165) is 50.7 Å². The third-order valence-corrected chi connectivity index (χ3v) is 6.23. The van der Waals surface area contributed by atoms with Crippen molar-refractivity contribution in [3.8, 4) is 0 Å². The summed E-state index contributed by atoms with van der Waals surface area (Å²) >= 11 is 6.03. The van der Waals surface area contributed by atoms with Crippen LogP contribution in [-0.4, -0.2) is 40.2 Å². The number of aromatic nitrogens is 3. The van der Waals surface area contributed by atoms with Crippen LogP contribution in [0.2, 0.25) is 5.02 Å². The lowest BCUT2D eigenvalue weighted by atomic mass is 9.66. The fraction of sp³-hybridized carbons (Fsp3) is 0.579. The molecule has 0 bridgehead atoms. The largest absolute Gasteiger partial charge is 0.381 e. The van der Waals surface area contributed by atoms with Crippen molar-refractivity contribution in [1.82, 2.24) is 14.8 Å². The van der Waals surface area contributed by atoms with Gasteiger partial charge in [-0.1, -0.05) is 23.7 Å². The number of ether oxygens (including phenoxy) is 2. The van der Waals surface area contributed by atoms with Crippen LogP contribution in [0.1, 0.15) is 25.3 Å². The van der Waals surface area contributed by atoms with Crippen LogP contribution in [0.15, 0.2) is 36.9 Å². The Morgan fingerprint density at radius 1 is 1.36 bits per heavy atom. The van der Waals surface area contributed by atoms with Crippen molar-refractivity contribution < 1.29 is 9.47 Å². The average Bonchev–Trinajstić information content (AvgIpc) is 3.18. The van der Waals surface area contributed by atoms with Gasteiger partial charge in [0.05, 0.1) is 19.8 Å². The van der Waals surface area contributed by atoms with Crippen LogP contribution in [0.3, 0.4) is 0 Å². The van der Waals surface area contributed by atoms with Crippen molar-refractivity contribution in [3.63, 3.8) is 0 Å². The normalized spacial score (nSPS) is 30.9. The summed E-state index contributed by atoms with van der Waals surface area (Å²) in [6.07, 6.45) is 6.63. The standard InChI is InChI=1S/C19H24ClN3O2/c1-2-24-11-18-8-7-16(9-15-3-5-17(20)6-4-15)19(18,25-12-18)10-23-14-21-13-22-23/h3-6,13-14,16H,2,7-12H2,1H3. The predicted octanol–water partition coefficient (Wildman–Crippen LogP) is 3.38.